The second-order valence-electron chi connectivity index (χ2n) is 5.00. The molecule has 0 aliphatic heterocycles. The second kappa shape index (κ2) is 6.80. The molecule has 0 spiro atoms. The molecule has 0 fully saturated rings. The summed E-state index contributed by atoms with van der Waals surface area (Å²) in [5.41, 5.74) is 0.0115. The molecule has 1 rings (SSSR count). The van der Waals surface area contributed by atoms with Gasteiger partial charge >= 0.3 is 6.09 Å². The van der Waals surface area contributed by atoms with Gasteiger partial charge in [-0.2, -0.15) is 0 Å². The Hall–Kier alpha value is -2.22. The predicted octanol–water partition coefficient (Wildman–Crippen LogP) is 2.71. The molecule has 1 N–H and O–H groups in total. The molecule has 0 aliphatic rings. The van der Waals surface area contributed by atoms with E-state index in [1.54, 1.807) is 20.8 Å². The minimum Gasteiger partial charge on any atom is -0.495 e. The number of hydrogen-bond acceptors (Lipinski definition) is 3. The van der Waals surface area contributed by atoms with Crippen LogP contribution in [0.5, 0.6) is 5.75 Å². The van der Waals surface area contributed by atoms with E-state index in [1.807, 2.05) is 0 Å². The van der Waals surface area contributed by atoms with Crippen molar-refractivity contribution in [2.45, 2.75) is 26.4 Å². The summed E-state index contributed by atoms with van der Waals surface area (Å²) in [6.07, 6.45) is -0.530. The zero-order chi connectivity index (χ0) is 15.2. The number of carbonyl (C=O) groups excluding carboxylic acids is 1. The van der Waals surface area contributed by atoms with Crippen molar-refractivity contribution in [3.05, 3.63) is 29.6 Å². The quantitative estimate of drug-likeness (QED) is 0.847. The van der Waals surface area contributed by atoms with Gasteiger partial charge < -0.3 is 14.8 Å². The molecule has 0 saturated heterocycles. The Balaban J connectivity index is 2.57. The second-order valence-corrected chi connectivity index (χ2v) is 5.00. The van der Waals surface area contributed by atoms with Crippen LogP contribution in [-0.2, 0) is 4.74 Å². The van der Waals surface area contributed by atoms with Gasteiger partial charge in [-0.15, -0.1) is 0 Å². The van der Waals surface area contributed by atoms with E-state index >= 15 is 0 Å². The van der Waals surface area contributed by atoms with Crippen LogP contribution in [0.3, 0.4) is 0 Å². The molecule has 108 valence electrons. The highest BCUT2D eigenvalue weighted by molar-refractivity contribution is 5.68. The summed E-state index contributed by atoms with van der Waals surface area (Å²) in [6.45, 7) is 5.47. The Morgan fingerprint density at radius 3 is 2.70 bits per heavy atom. The van der Waals surface area contributed by atoms with Crippen LogP contribution in [0.2, 0.25) is 0 Å². The largest absolute Gasteiger partial charge is 0.495 e. The molecule has 20 heavy (non-hydrogen) atoms. The zero-order valence-electron chi connectivity index (χ0n) is 12.0. The SMILES string of the molecule is COc1cc(F)ccc1C#CCNC(=O)OC(C)(C)C. The van der Waals surface area contributed by atoms with Gasteiger partial charge in [0.1, 0.15) is 17.2 Å². The zero-order valence-corrected chi connectivity index (χ0v) is 12.0. The summed E-state index contributed by atoms with van der Waals surface area (Å²) in [7, 11) is 1.44. The molecule has 0 atom stereocenters. The van der Waals surface area contributed by atoms with Crippen LogP contribution >= 0.6 is 0 Å². The van der Waals surface area contributed by atoms with Gasteiger partial charge in [-0.05, 0) is 32.9 Å². The molecule has 0 unspecified atom stereocenters. The Labute approximate surface area is 118 Å². The highest BCUT2D eigenvalue weighted by atomic mass is 19.1. The topological polar surface area (TPSA) is 47.6 Å². The fraction of sp³-hybridized carbons (Fsp3) is 0.400. The number of rotatable bonds is 2. The molecular formula is C15H18FNO3. The number of benzene rings is 1. The first-order valence-electron chi connectivity index (χ1n) is 6.11. The lowest BCUT2D eigenvalue weighted by molar-refractivity contribution is 0.0535. The summed E-state index contributed by atoms with van der Waals surface area (Å²) < 4.78 is 23.1. The maximum Gasteiger partial charge on any atom is 0.408 e. The van der Waals surface area contributed by atoms with Gasteiger partial charge in [0.15, 0.2) is 0 Å². The Kier molecular flexibility index (Phi) is 5.39. The molecule has 0 radical (unpaired) electrons. The summed E-state index contributed by atoms with van der Waals surface area (Å²) in [4.78, 5) is 11.4. The minimum absolute atomic E-state index is 0.134. The molecule has 1 amide bonds. The van der Waals surface area contributed by atoms with Crippen molar-refractivity contribution >= 4 is 6.09 Å². The first-order chi connectivity index (χ1) is 9.31. The van der Waals surface area contributed by atoms with E-state index in [4.69, 9.17) is 9.47 Å². The van der Waals surface area contributed by atoms with Crippen molar-refractivity contribution in [2.75, 3.05) is 13.7 Å². The number of amides is 1. The first-order valence-corrected chi connectivity index (χ1v) is 6.11. The lowest BCUT2D eigenvalue weighted by Gasteiger charge is -2.19. The number of halogens is 1. The third-order valence-corrected chi connectivity index (χ3v) is 2.11. The summed E-state index contributed by atoms with van der Waals surface area (Å²) in [6, 6.07) is 4.08. The first kappa shape index (κ1) is 15.8. The van der Waals surface area contributed by atoms with Crippen molar-refractivity contribution in [1.29, 1.82) is 0 Å². The standard InChI is InChI=1S/C15H18FNO3/c1-15(2,3)20-14(18)17-9-5-6-11-7-8-12(16)10-13(11)19-4/h7-8,10H,9H2,1-4H3,(H,17,18). The lowest BCUT2D eigenvalue weighted by Crippen LogP contribution is -2.32. The molecule has 1 aromatic rings. The van der Waals surface area contributed by atoms with Crippen LogP contribution in [0.1, 0.15) is 26.3 Å². The van der Waals surface area contributed by atoms with Crippen LogP contribution in [0.15, 0.2) is 18.2 Å². The van der Waals surface area contributed by atoms with Crippen LogP contribution in [0.25, 0.3) is 0 Å². The molecule has 1 aromatic carbocycles. The van der Waals surface area contributed by atoms with E-state index in [9.17, 15) is 9.18 Å². The van der Waals surface area contributed by atoms with E-state index < -0.39 is 11.7 Å². The smallest absolute Gasteiger partial charge is 0.408 e. The van der Waals surface area contributed by atoms with E-state index in [0.717, 1.165) is 0 Å². The molecule has 0 heterocycles. The van der Waals surface area contributed by atoms with Gasteiger partial charge in [-0.1, -0.05) is 11.8 Å². The van der Waals surface area contributed by atoms with Crippen molar-refractivity contribution in [1.82, 2.24) is 5.32 Å². The predicted molar refractivity (Wildman–Crippen MR) is 74.1 cm³/mol. The van der Waals surface area contributed by atoms with Crippen molar-refractivity contribution < 1.29 is 18.7 Å². The van der Waals surface area contributed by atoms with E-state index in [2.05, 4.69) is 17.2 Å². The lowest BCUT2D eigenvalue weighted by atomic mass is 10.2. The average molecular weight is 279 g/mol. The summed E-state index contributed by atoms with van der Waals surface area (Å²) in [5, 5.41) is 2.51. The van der Waals surface area contributed by atoms with Crippen LogP contribution in [0.4, 0.5) is 9.18 Å². The average Bonchev–Trinajstić information content (AvgIpc) is 2.33. The molecule has 4 nitrogen and oxygen atoms in total. The minimum atomic E-state index is -0.544. The van der Waals surface area contributed by atoms with Crippen molar-refractivity contribution in [3.63, 3.8) is 0 Å². The van der Waals surface area contributed by atoms with Crippen molar-refractivity contribution in [2.24, 2.45) is 0 Å². The molecule has 5 heteroatoms. The molecule has 0 bridgehead atoms. The number of nitrogens with one attached hydrogen (secondary N) is 1. The highest BCUT2D eigenvalue weighted by Crippen LogP contribution is 2.18. The molecule has 0 saturated carbocycles. The van der Waals surface area contributed by atoms with Gasteiger partial charge in [0, 0.05) is 6.07 Å². The van der Waals surface area contributed by atoms with Gasteiger partial charge in [-0.25, -0.2) is 9.18 Å². The molecule has 0 aromatic heterocycles. The Morgan fingerprint density at radius 2 is 2.10 bits per heavy atom. The van der Waals surface area contributed by atoms with E-state index in [0.29, 0.717) is 11.3 Å². The van der Waals surface area contributed by atoms with Gasteiger partial charge in [0.05, 0.1) is 19.2 Å². The van der Waals surface area contributed by atoms with E-state index in [-0.39, 0.29) is 12.4 Å². The monoisotopic (exact) mass is 279 g/mol. The molecular weight excluding hydrogens is 261 g/mol. The highest BCUT2D eigenvalue weighted by Gasteiger charge is 2.15. The third kappa shape index (κ3) is 5.61. The summed E-state index contributed by atoms with van der Waals surface area (Å²) in [5.74, 6) is 5.51. The molecule has 0 aliphatic carbocycles. The van der Waals surface area contributed by atoms with E-state index in [1.165, 1.54) is 25.3 Å². The van der Waals surface area contributed by atoms with Gasteiger partial charge in [-0.3, -0.25) is 0 Å². The number of hydrogen-bond donors (Lipinski definition) is 1. The van der Waals surface area contributed by atoms with Gasteiger partial charge in [0.2, 0.25) is 0 Å². The van der Waals surface area contributed by atoms with Crippen LogP contribution in [-0.4, -0.2) is 25.3 Å². The third-order valence-electron chi connectivity index (χ3n) is 2.11. The summed E-state index contributed by atoms with van der Waals surface area (Å²) >= 11 is 0. The number of alkyl carbamates (subject to hydrolysis) is 1. The maximum absolute atomic E-state index is 13.0. The normalized spacial score (nSPS) is 10.2. The number of methoxy groups -OCH3 is 1. The maximum atomic E-state index is 13.0. The number of carbonyl (C=O) groups is 1. The van der Waals surface area contributed by atoms with Crippen molar-refractivity contribution in [3.8, 4) is 17.6 Å². The van der Waals surface area contributed by atoms with Crippen LogP contribution in [0, 0.1) is 17.7 Å². The Bertz CT molecular complexity index is 538. The number of ether oxygens (including phenoxy) is 2. The van der Waals surface area contributed by atoms with Gasteiger partial charge in [0.25, 0.3) is 0 Å². The van der Waals surface area contributed by atoms with Crippen LogP contribution < -0.4 is 10.1 Å². The fourth-order valence-corrected chi connectivity index (χ4v) is 1.34. The Morgan fingerprint density at radius 1 is 1.40 bits per heavy atom. The fourth-order valence-electron chi connectivity index (χ4n) is 1.34.